The summed E-state index contributed by atoms with van der Waals surface area (Å²) in [6.45, 7) is 7.30. The Morgan fingerprint density at radius 2 is 2.05 bits per heavy atom. The second kappa shape index (κ2) is 11.5. The Labute approximate surface area is 123 Å². The topological polar surface area (TPSA) is 50.4 Å². The van der Waals surface area contributed by atoms with Crippen molar-refractivity contribution in [1.82, 2.24) is 10.6 Å². The van der Waals surface area contributed by atoms with Crippen LogP contribution in [0.4, 0.5) is 0 Å². The summed E-state index contributed by atoms with van der Waals surface area (Å²) in [5.41, 5.74) is 0. The van der Waals surface area contributed by atoms with Gasteiger partial charge < -0.3 is 15.4 Å². The van der Waals surface area contributed by atoms with Crippen LogP contribution in [0.1, 0.15) is 46.0 Å². The Morgan fingerprint density at radius 3 is 2.68 bits per heavy atom. The predicted octanol–water partition coefficient (Wildman–Crippen LogP) is 2.12. The zero-order chi connectivity index (χ0) is 13.2. The molecule has 114 valence electrons. The molecular weight excluding hydrogens is 264 g/mol. The largest absolute Gasteiger partial charge is 0.378 e. The van der Waals surface area contributed by atoms with Crippen molar-refractivity contribution in [2.24, 2.45) is 5.92 Å². The van der Waals surface area contributed by atoms with Crippen molar-refractivity contribution in [2.45, 2.75) is 52.0 Å². The lowest BCUT2D eigenvalue weighted by Crippen LogP contribution is -2.51. The molecule has 1 amide bonds. The highest BCUT2D eigenvalue weighted by Crippen LogP contribution is 2.08. The van der Waals surface area contributed by atoms with Crippen LogP contribution in [-0.2, 0) is 9.53 Å². The minimum absolute atomic E-state index is 0. The van der Waals surface area contributed by atoms with Gasteiger partial charge in [-0.3, -0.25) is 4.79 Å². The number of hydrogen-bond donors (Lipinski definition) is 2. The fraction of sp³-hybridized carbons (Fsp3) is 0.929. The highest BCUT2D eigenvalue weighted by atomic mass is 35.5. The Kier molecular flexibility index (Phi) is 11.3. The van der Waals surface area contributed by atoms with E-state index in [9.17, 15) is 4.79 Å². The van der Waals surface area contributed by atoms with Crippen LogP contribution in [0.3, 0.4) is 0 Å². The van der Waals surface area contributed by atoms with Gasteiger partial charge in [0.1, 0.15) is 6.04 Å². The molecule has 1 rings (SSSR count). The summed E-state index contributed by atoms with van der Waals surface area (Å²) in [6, 6.07) is -0.153. The zero-order valence-electron chi connectivity index (χ0n) is 12.2. The van der Waals surface area contributed by atoms with Crippen molar-refractivity contribution < 1.29 is 9.53 Å². The number of carbonyl (C=O) groups excluding carboxylic acids is 1. The van der Waals surface area contributed by atoms with Crippen molar-refractivity contribution in [2.75, 3.05) is 26.3 Å². The number of nitrogens with one attached hydrogen (secondary N) is 2. The summed E-state index contributed by atoms with van der Waals surface area (Å²) in [4.78, 5) is 11.7. The summed E-state index contributed by atoms with van der Waals surface area (Å²) in [6.07, 6.45) is 6.19. The molecule has 1 unspecified atom stereocenters. The zero-order valence-corrected chi connectivity index (χ0v) is 13.1. The van der Waals surface area contributed by atoms with Crippen LogP contribution >= 0.6 is 12.4 Å². The van der Waals surface area contributed by atoms with E-state index in [1.54, 1.807) is 0 Å². The molecule has 0 radical (unpaired) electrons. The maximum atomic E-state index is 11.7. The molecular formula is C14H29ClN2O2. The van der Waals surface area contributed by atoms with Crippen molar-refractivity contribution in [3.8, 4) is 0 Å². The normalized spacial score (nSPS) is 19.0. The van der Waals surface area contributed by atoms with Crippen molar-refractivity contribution >= 4 is 18.3 Å². The molecule has 0 aromatic rings. The standard InChI is InChI=1S/C14H28N2O2.ClH/c1-12(2)7-5-3-4-6-8-16-14(17)13-11-18-10-9-15-13;/h12-13,15H,3-11H2,1-2H3,(H,16,17);1H. The van der Waals surface area contributed by atoms with Crippen LogP contribution in [0, 0.1) is 5.92 Å². The molecule has 2 N–H and O–H groups in total. The number of ether oxygens (including phenoxy) is 1. The van der Waals surface area contributed by atoms with E-state index < -0.39 is 0 Å². The summed E-state index contributed by atoms with van der Waals surface area (Å²) >= 11 is 0. The quantitative estimate of drug-likeness (QED) is 0.674. The van der Waals surface area contributed by atoms with E-state index in [0.717, 1.165) is 25.4 Å². The molecule has 19 heavy (non-hydrogen) atoms. The van der Waals surface area contributed by atoms with Gasteiger partial charge >= 0.3 is 0 Å². The number of unbranched alkanes of at least 4 members (excludes halogenated alkanes) is 3. The Bertz CT molecular complexity index is 231. The smallest absolute Gasteiger partial charge is 0.239 e. The van der Waals surface area contributed by atoms with Crippen molar-refractivity contribution in [3.63, 3.8) is 0 Å². The summed E-state index contributed by atoms with van der Waals surface area (Å²) in [5, 5.41) is 6.13. The molecule has 0 aromatic carbocycles. The first-order chi connectivity index (χ1) is 8.70. The molecule has 1 aliphatic rings. The molecule has 0 saturated carbocycles. The van der Waals surface area contributed by atoms with Gasteiger partial charge in [-0.1, -0.05) is 39.5 Å². The van der Waals surface area contributed by atoms with Gasteiger partial charge in [0.2, 0.25) is 5.91 Å². The number of halogens is 1. The van der Waals surface area contributed by atoms with E-state index in [1.807, 2.05) is 0 Å². The van der Waals surface area contributed by atoms with Crippen LogP contribution in [-0.4, -0.2) is 38.3 Å². The minimum Gasteiger partial charge on any atom is -0.378 e. The Hall–Kier alpha value is -0.320. The fourth-order valence-electron chi connectivity index (χ4n) is 2.10. The SMILES string of the molecule is CC(C)CCCCCCNC(=O)C1COCCN1.Cl. The van der Waals surface area contributed by atoms with E-state index in [1.165, 1.54) is 25.7 Å². The van der Waals surface area contributed by atoms with Crippen LogP contribution in [0.15, 0.2) is 0 Å². The molecule has 1 aliphatic heterocycles. The van der Waals surface area contributed by atoms with Gasteiger partial charge in [-0.25, -0.2) is 0 Å². The van der Waals surface area contributed by atoms with Crippen LogP contribution < -0.4 is 10.6 Å². The molecule has 0 aliphatic carbocycles. The average Bonchev–Trinajstić information content (AvgIpc) is 2.38. The van der Waals surface area contributed by atoms with Crippen LogP contribution in [0.5, 0.6) is 0 Å². The maximum absolute atomic E-state index is 11.7. The molecule has 1 heterocycles. The van der Waals surface area contributed by atoms with Gasteiger partial charge in [0, 0.05) is 13.1 Å². The predicted molar refractivity (Wildman–Crippen MR) is 80.8 cm³/mol. The first-order valence-corrected chi connectivity index (χ1v) is 7.29. The first kappa shape index (κ1) is 18.7. The Balaban J connectivity index is 0.00000324. The van der Waals surface area contributed by atoms with E-state index in [-0.39, 0.29) is 24.4 Å². The number of morpholine rings is 1. The third-order valence-electron chi connectivity index (χ3n) is 3.25. The number of carbonyl (C=O) groups is 1. The van der Waals surface area contributed by atoms with Gasteiger partial charge in [0.25, 0.3) is 0 Å². The molecule has 1 atom stereocenters. The van der Waals surface area contributed by atoms with Gasteiger partial charge in [0.05, 0.1) is 13.2 Å². The lowest BCUT2D eigenvalue weighted by atomic mass is 10.0. The molecule has 1 fully saturated rings. The fourth-order valence-corrected chi connectivity index (χ4v) is 2.10. The molecule has 4 nitrogen and oxygen atoms in total. The lowest BCUT2D eigenvalue weighted by molar-refractivity contribution is -0.125. The average molecular weight is 293 g/mol. The lowest BCUT2D eigenvalue weighted by Gasteiger charge is -2.22. The molecule has 0 spiro atoms. The summed E-state index contributed by atoms with van der Waals surface area (Å²) < 4.78 is 5.26. The first-order valence-electron chi connectivity index (χ1n) is 7.29. The highest BCUT2D eigenvalue weighted by Gasteiger charge is 2.20. The number of amides is 1. The summed E-state index contributed by atoms with van der Waals surface area (Å²) in [5.74, 6) is 0.888. The number of rotatable bonds is 8. The molecule has 0 aromatic heterocycles. The van der Waals surface area contributed by atoms with Crippen molar-refractivity contribution in [1.29, 1.82) is 0 Å². The van der Waals surface area contributed by atoms with Gasteiger partial charge in [-0.15, -0.1) is 12.4 Å². The number of hydrogen-bond acceptors (Lipinski definition) is 3. The molecule has 5 heteroatoms. The Morgan fingerprint density at radius 1 is 1.32 bits per heavy atom. The third-order valence-corrected chi connectivity index (χ3v) is 3.25. The van der Waals surface area contributed by atoms with Gasteiger partial charge in [-0.2, -0.15) is 0 Å². The minimum atomic E-state index is -0.153. The third kappa shape index (κ3) is 9.25. The second-order valence-corrected chi connectivity index (χ2v) is 5.47. The summed E-state index contributed by atoms with van der Waals surface area (Å²) in [7, 11) is 0. The van der Waals surface area contributed by atoms with E-state index in [4.69, 9.17) is 4.74 Å². The van der Waals surface area contributed by atoms with E-state index in [2.05, 4.69) is 24.5 Å². The highest BCUT2D eigenvalue weighted by molar-refractivity contribution is 5.85. The molecule has 0 bridgehead atoms. The molecule has 1 saturated heterocycles. The monoisotopic (exact) mass is 292 g/mol. The maximum Gasteiger partial charge on any atom is 0.239 e. The van der Waals surface area contributed by atoms with E-state index >= 15 is 0 Å². The van der Waals surface area contributed by atoms with Gasteiger partial charge in [-0.05, 0) is 12.3 Å². The van der Waals surface area contributed by atoms with Crippen LogP contribution in [0.25, 0.3) is 0 Å². The van der Waals surface area contributed by atoms with Crippen molar-refractivity contribution in [3.05, 3.63) is 0 Å². The van der Waals surface area contributed by atoms with Gasteiger partial charge in [0.15, 0.2) is 0 Å². The van der Waals surface area contributed by atoms with E-state index in [0.29, 0.717) is 13.2 Å². The van der Waals surface area contributed by atoms with Crippen LogP contribution in [0.2, 0.25) is 0 Å². The second-order valence-electron chi connectivity index (χ2n) is 5.47.